The summed E-state index contributed by atoms with van der Waals surface area (Å²) in [5.41, 5.74) is 8.91. The Hall–Kier alpha value is -3.50. The molecule has 0 amide bonds. The fourth-order valence-electron chi connectivity index (χ4n) is 4.87. The van der Waals surface area contributed by atoms with Crippen molar-refractivity contribution in [1.29, 1.82) is 0 Å². The van der Waals surface area contributed by atoms with Crippen LogP contribution in [0.3, 0.4) is 0 Å². The minimum Gasteiger partial charge on any atom is -0.455 e. The number of nitrogens with zero attached hydrogens (tertiary/aromatic N) is 2. The van der Waals surface area contributed by atoms with Crippen LogP contribution in [0.2, 0.25) is 0 Å². The van der Waals surface area contributed by atoms with Crippen molar-refractivity contribution >= 4 is 43.5 Å². The van der Waals surface area contributed by atoms with Crippen LogP contribution in [0.5, 0.6) is 0 Å². The van der Waals surface area contributed by atoms with Gasteiger partial charge in [0.15, 0.2) is 0 Å². The van der Waals surface area contributed by atoms with E-state index in [1.807, 2.05) is 50.4 Å². The molecule has 3 nitrogen and oxygen atoms in total. The van der Waals surface area contributed by atoms with Crippen LogP contribution in [0, 0.1) is 20.7 Å². The van der Waals surface area contributed by atoms with E-state index in [4.69, 9.17) is 14.9 Å². The Balaban J connectivity index is 1.58. The molecule has 0 radical (unpaired) electrons. The molecular weight excluding hydrogens is 436 g/mol. The summed E-state index contributed by atoms with van der Waals surface area (Å²) in [6, 6.07) is 18.1. The van der Waals surface area contributed by atoms with Crippen LogP contribution in [0.15, 0.2) is 65.2 Å². The van der Waals surface area contributed by atoms with Crippen molar-refractivity contribution in [2.24, 2.45) is 0 Å². The molecule has 0 saturated carbocycles. The highest BCUT2D eigenvalue weighted by Crippen LogP contribution is 2.40. The number of benzene rings is 3. The van der Waals surface area contributed by atoms with E-state index in [9.17, 15) is 0 Å². The molecule has 0 unspecified atom stereocenters. The lowest BCUT2D eigenvalue weighted by Crippen LogP contribution is -1.99. The van der Waals surface area contributed by atoms with E-state index in [0.29, 0.717) is 16.7 Å². The summed E-state index contributed by atoms with van der Waals surface area (Å²) >= 11 is 1.19. The summed E-state index contributed by atoms with van der Waals surface area (Å²) in [5, 5.41) is 1.98. The Labute approximate surface area is 208 Å². The number of para-hydroxylation sites is 1. The lowest BCUT2D eigenvalue weighted by Gasteiger charge is -2.18. The zero-order valence-corrected chi connectivity index (χ0v) is 20.3. The van der Waals surface area contributed by atoms with Crippen LogP contribution in [-0.2, 0) is 0 Å². The Morgan fingerprint density at radius 2 is 1.76 bits per heavy atom. The summed E-state index contributed by atoms with van der Waals surface area (Å²) in [4.78, 5) is 9.16. The number of rotatable bonds is 3. The molecular formula is C30H26N2OS. The second-order valence-electron chi connectivity index (χ2n) is 9.00. The summed E-state index contributed by atoms with van der Waals surface area (Å²) in [5.74, 6) is -0.826. The lowest BCUT2D eigenvalue weighted by molar-refractivity contribution is 0.670. The third-order valence-electron chi connectivity index (χ3n) is 6.48. The number of hydrogen-bond donors (Lipinski definition) is 0. The van der Waals surface area contributed by atoms with Gasteiger partial charge in [-0.2, -0.15) is 0 Å². The van der Waals surface area contributed by atoms with E-state index >= 15 is 0 Å². The van der Waals surface area contributed by atoms with E-state index in [2.05, 4.69) is 43.1 Å². The van der Waals surface area contributed by atoms with Crippen molar-refractivity contribution in [3.05, 3.63) is 82.5 Å². The van der Waals surface area contributed by atoms with Crippen molar-refractivity contribution in [1.82, 2.24) is 9.97 Å². The molecule has 0 aliphatic heterocycles. The fourth-order valence-corrected chi connectivity index (χ4v) is 5.61. The topological polar surface area (TPSA) is 38.9 Å². The summed E-state index contributed by atoms with van der Waals surface area (Å²) in [7, 11) is 0. The first-order valence-electron chi connectivity index (χ1n) is 13.3. The number of fused-ring (bicyclic) bond motifs is 4. The molecule has 34 heavy (non-hydrogen) atoms. The standard InChI is InChI=1S/C30H26N2OS/c1-16(2)24-15-31-25(12-23(24)29-17(3)8-6-9-18(29)4)21-11-7-10-20-22-13-28-26(32-19(5)34-28)14-27(22)33-30(20)21/h6-16H,1-5H3/i5D3,16D. The first-order valence-corrected chi connectivity index (χ1v) is 12.1. The fraction of sp³-hybridized carbons (Fsp3) is 0.200. The Bertz CT molecular complexity index is 1860. The van der Waals surface area contributed by atoms with Crippen molar-refractivity contribution in [2.75, 3.05) is 0 Å². The van der Waals surface area contributed by atoms with Crippen molar-refractivity contribution in [3.8, 4) is 22.4 Å². The van der Waals surface area contributed by atoms with Gasteiger partial charge in [0.1, 0.15) is 11.2 Å². The largest absolute Gasteiger partial charge is 0.455 e. The molecule has 3 aromatic heterocycles. The van der Waals surface area contributed by atoms with Gasteiger partial charge >= 0.3 is 0 Å². The van der Waals surface area contributed by atoms with E-state index in [1.165, 1.54) is 11.3 Å². The van der Waals surface area contributed by atoms with Crippen molar-refractivity contribution in [2.45, 2.75) is 40.4 Å². The van der Waals surface area contributed by atoms with E-state index in [-0.39, 0.29) is 5.01 Å². The SMILES string of the molecule is [2H]C([2H])([2H])c1nc2cc3oc4c(-c5cc(-c6c(C)cccc6C)c(C([2H])(C)C)cn5)cccc4c3cc2s1. The minimum absolute atomic E-state index is 0.130. The summed E-state index contributed by atoms with van der Waals surface area (Å²) < 4.78 is 39.1. The lowest BCUT2D eigenvalue weighted by atomic mass is 9.88. The number of pyridine rings is 1. The quantitative estimate of drug-likeness (QED) is 0.261. The van der Waals surface area contributed by atoms with Crippen molar-refractivity contribution < 1.29 is 9.90 Å². The Kier molecular flexibility index (Phi) is 3.89. The van der Waals surface area contributed by atoms with Crippen LogP contribution in [-0.4, -0.2) is 9.97 Å². The third kappa shape index (κ3) is 3.24. The maximum absolute atomic E-state index is 8.79. The van der Waals surface area contributed by atoms with Crippen molar-refractivity contribution in [3.63, 3.8) is 0 Å². The molecule has 0 N–H and O–H groups in total. The highest BCUT2D eigenvalue weighted by molar-refractivity contribution is 7.18. The van der Waals surface area contributed by atoms with Gasteiger partial charge in [-0.1, -0.05) is 44.2 Å². The molecule has 6 rings (SSSR count). The van der Waals surface area contributed by atoms with E-state index < -0.39 is 12.7 Å². The van der Waals surface area contributed by atoms with Gasteiger partial charge in [-0.15, -0.1) is 11.3 Å². The number of furan rings is 1. The van der Waals surface area contributed by atoms with Crippen LogP contribution in [0.4, 0.5) is 0 Å². The Morgan fingerprint density at radius 3 is 2.53 bits per heavy atom. The van der Waals surface area contributed by atoms with Gasteiger partial charge in [-0.3, -0.25) is 4.98 Å². The average Bonchev–Trinajstić information content (AvgIpc) is 3.42. The highest BCUT2D eigenvalue weighted by atomic mass is 32.1. The molecule has 0 bridgehead atoms. The zero-order valence-electron chi connectivity index (χ0n) is 23.5. The zero-order chi connectivity index (χ0) is 27.0. The summed E-state index contributed by atoms with van der Waals surface area (Å²) in [6.45, 7) is 5.73. The van der Waals surface area contributed by atoms with Crippen LogP contribution in [0.1, 0.15) is 46.9 Å². The first kappa shape index (κ1) is 17.0. The van der Waals surface area contributed by atoms with Crippen LogP contribution in [0.25, 0.3) is 54.5 Å². The molecule has 6 aromatic rings. The monoisotopic (exact) mass is 466 g/mol. The molecule has 0 aliphatic rings. The normalized spacial score (nSPS) is 14.4. The third-order valence-corrected chi connectivity index (χ3v) is 7.31. The second kappa shape index (κ2) is 7.78. The highest BCUT2D eigenvalue weighted by Gasteiger charge is 2.18. The molecule has 0 spiro atoms. The minimum atomic E-state index is -2.24. The summed E-state index contributed by atoms with van der Waals surface area (Å²) in [6.07, 6.45) is 1.82. The van der Waals surface area contributed by atoms with Gasteiger partial charge in [0.2, 0.25) is 0 Å². The number of aryl methyl sites for hydroxylation is 3. The van der Waals surface area contributed by atoms with Gasteiger partial charge in [-0.05, 0) is 72.6 Å². The van der Waals surface area contributed by atoms with E-state index in [0.717, 1.165) is 54.5 Å². The molecule has 0 atom stereocenters. The molecule has 0 fully saturated rings. The predicted molar refractivity (Wildman–Crippen MR) is 144 cm³/mol. The van der Waals surface area contributed by atoms with Gasteiger partial charge in [0.05, 0.1) is 20.9 Å². The number of thiazole rings is 1. The van der Waals surface area contributed by atoms with E-state index in [1.54, 1.807) is 0 Å². The maximum atomic E-state index is 8.79. The van der Waals surface area contributed by atoms with Gasteiger partial charge in [0, 0.05) is 34.1 Å². The average molecular weight is 467 g/mol. The predicted octanol–water partition coefficient (Wildman–Crippen LogP) is 8.97. The number of hydrogen-bond acceptors (Lipinski definition) is 4. The maximum Gasteiger partial charge on any atom is 0.144 e. The molecule has 0 saturated heterocycles. The van der Waals surface area contributed by atoms with Gasteiger partial charge < -0.3 is 4.42 Å². The Morgan fingerprint density at radius 1 is 0.971 bits per heavy atom. The van der Waals surface area contributed by atoms with Crippen LogP contribution < -0.4 is 0 Å². The first-order chi connectivity index (χ1) is 17.9. The second-order valence-corrected chi connectivity index (χ2v) is 10.0. The number of aromatic nitrogens is 2. The van der Waals surface area contributed by atoms with Crippen LogP contribution >= 0.6 is 11.3 Å². The molecule has 4 heteroatoms. The molecule has 3 heterocycles. The molecule has 168 valence electrons. The molecule has 0 aliphatic carbocycles. The van der Waals surface area contributed by atoms with Gasteiger partial charge in [0.25, 0.3) is 0 Å². The smallest absolute Gasteiger partial charge is 0.144 e. The molecule has 3 aromatic carbocycles. The van der Waals surface area contributed by atoms with Gasteiger partial charge in [-0.25, -0.2) is 4.98 Å².